The molecule has 4 aromatic rings. The van der Waals surface area contributed by atoms with Crippen molar-refractivity contribution in [1.82, 2.24) is 18.9 Å². The van der Waals surface area contributed by atoms with Crippen LogP contribution in [0.1, 0.15) is 39.9 Å². The lowest BCUT2D eigenvalue weighted by Crippen LogP contribution is -2.40. The second kappa shape index (κ2) is 10.3. The Morgan fingerprint density at radius 3 is 2.42 bits per heavy atom. The van der Waals surface area contributed by atoms with Gasteiger partial charge in [-0.15, -0.1) is 0 Å². The molecular weight excluding hydrogens is 502 g/mol. The van der Waals surface area contributed by atoms with Crippen LogP contribution in [0.3, 0.4) is 0 Å². The third kappa shape index (κ3) is 4.82. The van der Waals surface area contributed by atoms with Crippen molar-refractivity contribution in [1.29, 1.82) is 0 Å². The van der Waals surface area contributed by atoms with Crippen LogP contribution in [0.25, 0.3) is 16.8 Å². The van der Waals surface area contributed by atoms with Crippen molar-refractivity contribution in [2.75, 3.05) is 31.6 Å². The number of carbonyl (C=O) groups is 1. The number of aromatic nitrogens is 3. The van der Waals surface area contributed by atoms with Gasteiger partial charge < -0.3 is 10.1 Å². The molecule has 0 bridgehead atoms. The Kier molecular flexibility index (Phi) is 7.04. The Balaban J connectivity index is 1.64. The largest absolute Gasteiger partial charge is 0.379 e. The van der Waals surface area contributed by atoms with Gasteiger partial charge >= 0.3 is 0 Å². The highest BCUT2D eigenvalue weighted by atomic mass is 32.2. The van der Waals surface area contributed by atoms with Crippen molar-refractivity contribution in [2.45, 2.75) is 39.0 Å². The molecule has 2 aromatic carbocycles. The number of nitrogens with one attached hydrogen (secondary N) is 1. The highest BCUT2D eigenvalue weighted by Gasteiger charge is 2.30. The molecule has 0 atom stereocenters. The maximum Gasteiger partial charge on any atom is 0.276 e. The van der Waals surface area contributed by atoms with Crippen LogP contribution in [0, 0.1) is 20.8 Å². The Morgan fingerprint density at radius 2 is 1.74 bits per heavy atom. The number of nitrogens with zero attached hydrogens (tertiary/aromatic N) is 4. The molecule has 1 fully saturated rings. The van der Waals surface area contributed by atoms with Gasteiger partial charge in [-0.3, -0.25) is 4.79 Å². The van der Waals surface area contributed by atoms with Crippen LogP contribution in [-0.2, 0) is 21.2 Å². The average Bonchev–Trinajstić information content (AvgIpc) is 3.30. The lowest BCUT2D eigenvalue weighted by molar-refractivity contribution is 0.0730. The molecule has 0 unspecified atom stereocenters. The Labute approximate surface area is 222 Å². The summed E-state index contributed by atoms with van der Waals surface area (Å²) in [7, 11) is -3.76. The minimum Gasteiger partial charge on any atom is -0.379 e. The van der Waals surface area contributed by atoms with Gasteiger partial charge in [-0.2, -0.15) is 9.40 Å². The number of ether oxygens (including phenoxy) is 1. The van der Waals surface area contributed by atoms with Gasteiger partial charge in [0.2, 0.25) is 10.0 Å². The first-order valence-corrected chi connectivity index (χ1v) is 14.1. The summed E-state index contributed by atoms with van der Waals surface area (Å²) in [6, 6.07) is 14.8. The number of benzene rings is 2. The number of sulfonamides is 1. The van der Waals surface area contributed by atoms with Gasteiger partial charge in [0.1, 0.15) is 0 Å². The van der Waals surface area contributed by atoms with Crippen LogP contribution in [0.2, 0.25) is 0 Å². The fourth-order valence-electron chi connectivity index (χ4n) is 4.72. The fourth-order valence-corrected chi connectivity index (χ4v) is 6.38. The van der Waals surface area contributed by atoms with Gasteiger partial charge in [-0.25, -0.2) is 17.9 Å². The molecule has 0 aliphatic carbocycles. The zero-order valence-corrected chi connectivity index (χ0v) is 22.8. The Hall–Kier alpha value is -3.60. The van der Waals surface area contributed by atoms with Crippen molar-refractivity contribution in [3.63, 3.8) is 0 Å². The van der Waals surface area contributed by atoms with Gasteiger partial charge in [0.15, 0.2) is 11.3 Å². The van der Waals surface area contributed by atoms with E-state index in [-0.39, 0.29) is 10.6 Å². The molecule has 0 radical (unpaired) electrons. The summed E-state index contributed by atoms with van der Waals surface area (Å²) in [5.41, 5.74) is 5.73. The first-order valence-electron chi connectivity index (χ1n) is 12.6. The minimum absolute atomic E-state index is 0.171. The molecule has 1 aliphatic heterocycles. The number of fused-ring (bicyclic) bond motifs is 1. The van der Waals surface area contributed by atoms with Crippen LogP contribution in [0.15, 0.2) is 53.4 Å². The monoisotopic (exact) mass is 533 g/mol. The van der Waals surface area contributed by atoms with E-state index in [1.54, 1.807) is 23.6 Å². The summed E-state index contributed by atoms with van der Waals surface area (Å²) in [5.74, 6) is -0.398. The summed E-state index contributed by atoms with van der Waals surface area (Å²) < 4.78 is 35.6. The summed E-state index contributed by atoms with van der Waals surface area (Å²) in [6.07, 6.45) is 0.901. The first-order chi connectivity index (χ1) is 18.2. The van der Waals surface area contributed by atoms with Crippen LogP contribution in [0.4, 0.5) is 5.69 Å². The summed E-state index contributed by atoms with van der Waals surface area (Å²) in [6.45, 7) is 8.93. The number of hydrogen-bond acceptors (Lipinski definition) is 6. The number of aryl methyl sites for hydroxylation is 4. The van der Waals surface area contributed by atoms with Crippen molar-refractivity contribution in [3.05, 3.63) is 76.7 Å². The molecule has 0 saturated carbocycles. The van der Waals surface area contributed by atoms with Gasteiger partial charge in [0.25, 0.3) is 5.91 Å². The molecule has 0 spiro atoms. The highest BCUT2D eigenvalue weighted by molar-refractivity contribution is 7.89. The van der Waals surface area contributed by atoms with Crippen LogP contribution in [-0.4, -0.2) is 59.5 Å². The predicted molar refractivity (Wildman–Crippen MR) is 146 cm³/mol. The maximum absolute atomic E-state index is 13.6. The average molecular weight is 534 g/mol. The number of anilines is 1. The van der Waals surface area contributed by atoms with Crippen molar-refractivity contribution in [2.24, 2.45) is 0 Å². The van der Waals surface area contributed by atoms with Crippen molar-refractivity contribution < 1.29 is 17.9 Å². The molecular formula is C28H31N5O4S. The molecule has 1 N–H and O–H groups in total. The predicted octanol–water partition coefficient (Wildman–Crippen LogP) is 4.16. The molecule has 9 nitrogen and oxygen atoms in total. The number of morpholine rings is 1. The van der Waals surface area contributed by atoms with Crippen LogP contribution < -0.4 is 5.32 Å². The standard InChI is InChI=1S/C28H31N5O4S/c1-5-21-7-10-23(11-8-21)30-28(34)26-25(27-29-19(3)16-20(4)33(27)31-26)22-9-6-18(2)24(17-22)38(35,36)32-12-14-37-15-13-32/h6-11,16-17H,5,12-15H2,1-4H3,(H,30,34). The van der Waals surface area contributed by atoms with E-state index in [9.17, 15) is 13.2 Å². The molecule has 1 saturated heterocycles. The second-order valence-corrected chi connectivity index (χ2v) is 11.4. The topological polar surface area (TPSA) is 106 Å². The molecule has 38 heavy (non-hydrogen) atoms. The molecule has 10 heteroatoms. The third-order valence-electron chi connectivity index (χ3n) is 6.79. The zero-order chi connectivity index (χ0) is 27.0. The van der Waals surface area contributed by atoms with E-state index in [1.165, 1.54) is 9.87 Å². The van der Waals surface area contributed by atoms with E-state index >= 15 is 0 Å². The zero-order valence-electron chi connectivity index (χ0n) is 22.0. The fraction of sp³-hybridized carbons (Fsp3) is 0.321. The van der Waals surface area contributed by atoms with Crippen molar-refractivity contribution >= 4 is 27.3 Å². The number of rotatable bonds is 6. The summed E-state index contributed by atoms with van der Waals surface area (Å²) in [5, 5.41) is 7.57. The lowest BCUT2D eigenvalue weighted by Gasteiger charge is -2.26. The number of amides is 1. The SMILES string of the molecule is CCc1ccc(NC(=O)c2nn3c(C)cc(C)nc3c2-c2ccc(C)c(S(=O)(=O)N3CCOCC3)c2)cc1. The molecule has 1 amide bonds. The van der Waals surface area contributed by atoms with Gasteiger partial charge in [0, 0.05) is 30.2 Å². The summed E-state index contributed by atoms with van der Waals surface area (Å²) in [4.78, 5) is 18.5. The van der Waals surface area contributed by atoms with Crippen LogP contribution in [0.5, 0.6) is 0 Å². The van der Waals surface area contributed by atoms with Crippen LogP contribution >= 0.6 is 0 Å². The smallest absolute Gasteiger partial charge is 0.276 e. The molecule has 5 rings (SSSR count). The highest BCUT2D eigenvalue weighted by Crippen LogP contribution is 2.33. The molecule has 2 aromatic heterocycles. The van der Waals surface area contributed by atoms with E-state index in [2.05, 4.69) is 17.3 Å². The van der Waals surface area contributed by atoms with E-state index in [4.69, 9.17) is 9.72 Å². The van der Waals surface area contributed by atoms with Gasteiger partial charge in [-0.05, 0) is 68.1 Å². The van der Waals surface area contributed by atoms with Crippen molar-refractivity contribution in [3.8, 4) is 11.1 Å². The minimum atomic E-state index is -3.76. The number of carbonyl (C=O) groups excluding carboxylic acids is 1. The van der Waals surface area contributed by atoms with E-state index in [0.29, 0.717) is 54.3 Å². The molecule has 1 aliphatic rings. The van der Waals surface area contributed by atoms with E-state index in [0.717, 1.165) is 17.8 Å². The van der Waals surface area contributed by atoms with Gasteiger partial charge in [-0.1, -0.05) is 31.2 Å². The molecule has 3 heterocycles. The van der Waals surface area contributed by atoms with Gasteiger partial charge in [0.05, 0.1) is 23.7 Å². The Morgan fingerprint density at radius 1 is 1.03 bits per heavy atom. The second-order valence-electron chi connectivity index (χ2n) is 9.50. The third-order valence-corrected chi connectivity index (χ3v) is 8.84. The molecule has 198 valence electrons. The maximum atomic E-state index is 13.6. The van der Waals surface area contributed by atoms with E-state index < -0.39 is 15.9 Å². The Bertz CT molecular complexity index is 1620. The normalized spacial score (nSPS) is 14.6. The number of hydrogen-bond donors (Lipinski definition) is 1. The quantitative estimate of drug-likeness (QED) is 0.399. The van der Waals surface area contributed by atoms with E-state index in [1.807, 2.05) is 50.2 Å². The first kappa shape index (κ1) is 26.0. The summed E-state index contributed by atoms with van der Waals surface area (Å²) >= 11 is 0. The lowest BCUT2D eigenvalue weighted by atomic mass is 10.0.